The molecular formula is C27H38N2O5SSi. The largest absolute Gasteiger partial charge is 0.414 e. The first-order valence-electron chi connectivity index (χ1n) is 12.3. The SMILES string of the molecule is Cc1ccc(S(=O)(=O)Nc2ccccc2)cc1C(=O)[C@H](C)[C@H]1NC(=O)[C@@H]1[C@@](C)(O[SiH](C)C)C(C)(C)C. The second kappa shape index (κ2) is 10.1. The Morgan fingerprint density at radius 1 is 1.08 bits per heavy atom. The molecule has 1 saturated heterocycles. The number of ketones is 1. The van der Waals surface area contributed by atoms with Crippen molar-refractivity contribution in [1.82, 2.24) is 5.32 Å². The topological polar surface area (TPSA) is 102 Å². The summed E-state index contributed by atoms with van der Waals surface area (Å²) in [4.78, 5) is 26.5. The molecule has 0 spiro atoms. The molecule has 196 valence electrons. The summed E-state index contributed by atoms with van der Waals surface area (Å²) in [6.07, 6.45) is 0. The minimum Gasteiger partial charge on any atom is -0.414 e. The summed E-state index contributed by atoms with van der Waals surface area (Å²) in [6.45, 7) is 15.8. The molecule has 36 heavy (non-hydrogen) atoms. The number of carbonyl (C=O) groups is 2. The molecule has 0 saturated carbocycles. The maximum atomic E-state index is 13.7. The minimum atomic E-state index is -3.89. The number of sulfonamides is 1. The zero-order valence-corrected chi connectivity index (χ0v) is 24.3. The lowest BCUT2D eigenvalue weighted by Crippen LogP contribution is -2.72. The third kappa shape index (κ3) is 5.43. The lowest BCUT2D eigenvalue weighted by molar-refractivity contribution is -0.161. The third-order valence-corrected chi connectivity index (χ3v) is 9.62. The first-order valence-corrected chi connectivity index (χ1v) is 16.6. The van der Waals surface area contributed by atoms with E-state index >= 15 is 0 Å². The van der Waals surface area contributed by atoms with E-state index in [0.717, 1.165) is 0 Å². The number of para-hydroxylation sites is 1. The third-order valence-electron chi connectivity index (χ3n) is 7.28. The Hall–Kier alpha value is -2.49. The van der Waals surface area contributed by atoms with E-state index in [1.54, 1.807) is 50.2 Å². The summed E-state index contributed by atoms with van der Waals surface area (Å²) < 4.78 is 35.0. The van der Waals surface area contributed by atoms with Crippen LogP contribution in [0.2, 0.25) is 13.1 Å². The number of anilines is 1. The Kier molecular flexibility index (Phi) is 7.88. The number of nitrogens with one attached hydrogen (secondary N) is 2. The lowest BCUT2D eigenvalue weighted by Gasteiger charge is -2.55. The van der Waals surface area contributed by atoms with Crippen molar-refractivity contribution in [3.8, 4) is 0 Å². The molecule has 0 radical (unpaired) electrons. The van der Waals surface area contributed by atoms with Crippen LogP contribution in [0.15, 0.2) is 53.4 Å². The standard InChI is InChI=1S/C27H38N2O5SSi/c1-17-14-15-20(35(32,33)29-19-12-10-9-11-13-19)16-21(17)24(30)18(2)23-22(25(31)28-23)27(6,26(3,4)5)34-36(7)8/h9-16,18,22-23,29,36H,1-8H3,(H,28,31)/t18-,22-,23-,27-/m1/s1. The Bertz CT molecular complexity index is 1240. The fourth-order valence-corrected chi connectivity index (χ4v) is 7.34. The van der Waals surface area contributed by atoms with Crippen LogP contribution in [0, 0.1) is 24.2 Å². The normalized spacial score (nSPS) is 20.8. The number of hydrogen-bond donors (Lipinski definition) is 2. The van der Waals surface area contributed by atoms with Crippen molar-refractivity contribution in [3.05, 3.63) is 59.7 Å². The number of β-lactam (4-membered cyclic amide) rings is 1. The van der Waals surface area contributed by atoms with E-state index in [9.17, 15) is 18.0 Å². The Labute approximate surface area is 216 Å². The molecule has 0 bridgehead atoms. The zero-order valence-electron chi connectivity index (χ0n) is 22.4. The van der Waals surface area contributed by atoms with Gasteiger partial charge in [-0.2, -0.15) is 0 Å². The first-order chi connectivity index (χ1) is 16.6. The lowest BCUT2D eigenvalue weighted by atomic mass is 9.62. The van der Waals surface area contributed by atoms with Gasteiger partial charge < -0.3 is 9.74 Å². The van der Waals surface area contributed by atoms with Gasteiger partial charge in [0, 0.05) is 17.2 Å². The molecule has 1 fully saturated rings. The second-order valence-corrected chi connectivity index (χ2v) is 15.2. The van der Waals surface area contributed by atoms with Crippen molar-refractivity contribution >= 4 is 36.4 Å². The highest BCUT2D eigenvalue weighted by molar-refractivity contribution is 7.92. The average Bonchev–Trinajstić information content (AvgIpc) is 2.75. The maximum absolute atomic E-state index is 13.7. The van der Waals surface area contributed by atoms with Crippen molar-refractivity contribution in [2.24, 2.45) is 17.3 Å². The molecule has 1 heterocycles. The monoisotopic (exact) mass is 530 g/mol. The maximum Gasteiger partial charge on any atom is 0.261 e. The first kappa shape index (κ1) is 28.1. The Morgan fingerprint density at radius 2 is 1.69 bits per heavy atom. The molecule has 0 aromatic heterocycles. The summed E-state index contributed by atoms with van der Waals surface area (Å²) in [5, 5.41) is 2.94. The van der Waals surface area contributed by atoms with Gasteiger partial charge in [0.05, 0.1) is 22.5 Å². The van der Waals surface area contributed by atoms with Crippen molar-refractivity contribution in [1.29, 1.82) is 0 Å². The highest BCUT2D eigenvalue weighted by atomic mass is 32.2. The van der Waals surface area contributed by atoms with E-state index < -0.39 is 42.5 Å². The summed E-state index contributed by atoms with van der Waals surface area (Å²) in [5.74, 6) is -1.38. The molecule has 2 aromatic rings. The summed E-state index contributed by atoms with van der Waals surface area (Å²) in [5.41, 5.74) is 0.372. The van der Waals surface area contributed by atoms with Crippen molar-refractivity contribution in [2.75, 3.05) is 4.72 Å². The van der Waals surface area contributed by atoms with Crippen LogP contribution in [-0.4, -0.2) is 40.8 Å². The van der Waals surface area contributed by atoms with E-state index in [-0.39, 0.29) is 22.0 Å². The van der Waals surface area contributed by atoms with Gasteiger partial charge in [0.1, 0.15) is 0 Å². The second-order valence-electron chi connectivity index (χ2n) is 11.1. The van der Waals surface area contributed by atoms with Gasteiger partial charge >= 0.3 is 0 Å². The highest BCUT2D eigenvalue weighted by Crippen LogP contribution is 2.46. The highest BCUT2D eigenvalue weighted by Gasteiger charge is 2.59. The number of Topliss-reactive ketones (excluding diaryl/α,β-unsaturated/α-hetero) is 1. The smallest absolute Gasteiger partial charge is 0.261 e. The molecular weight excluding hydrogens is 492 g/mol. The molecule has 0 unspecified atom stereocenters. The number of hydrogen-bond acceptors (Lipinski definition) is 5. The van der Waals surface area contributed by atoms with E-state index in [0.29, 0.717) is 16.8 Å². The van der Waals surface area contributed by atoms with Gasteiger partial charge in [-0.05, 0) is 62.2 Å². The van der Waals surface area contributed by atoms with Gasteiger partial charge in [0.2, 0.25) is 5.91 Å². The summed E-state index contributed by atoms with van der Waals surface area (Å²) >= 11 is 0. The fourth-order valence-electron chi connectivity index (χ4n) is 4.78. The van der Waals surface area contributed by atoms with Gasteiger partial charge in [0.15, 0.2) is 14.8 Å². The van der Waals surface area contributed by atoms with Crippen molar-refractivity contribution in [2.45, 2.75) is 71.2 Å². The average molecular weight is 531 g/mol. The number of carbonyl (C=O) groups excluding carboxylic acids is 2. The van der Waals surface area contributed by atoms with Crippen LogP contribution < -0.4 is 10.0 Å². The molecule has 1 amide bonds. The van der Waals surface area contributed by atoms with Crippen LogP contribution in [0.3, 0.4) is 0 Å². The number of amides is 1. The number of rotatable bonds is 9. The van der Waals surface area contributed by atoms with Crippen LogP contribution >= 0.6 is 0 Å². The predicted molar refractivity (Wildman–Crippen MR) is 145 cm³/mol. The molecule has 2 aromatic carbocycles. The number of benzene rings is 2. The predicted octanol–water partition coefficient (Wildman–Crippen LogP) is 4.53. The molecule has 3 rings (SSSR count). The van der Waals surface area contributed by atoms with E-state index in [1.807, 2.05) is 6.92 Å². The van der Waals surface area contributed by atoms with Gasteiger partial charge in [-0.3, -0.25) is 14.3 Å². The van der Waals surface area contributed by atoms with Gasteiger partial charge in [-0.1, -0.05) is 52.0 Å². The molecule has 1 aliphatic heterocycles. The molecule has 7 nitrogen and oxygen atoms in total. The van der Waals surface area contributed by atoms with Gasteiger partial charge in [-0.15, -0.1) is 0 Å². The van der Waals surface area contributed by atoms with Crippen LogP contribution in [0.5, 0.6) is 0 Å². The number of aryl methyl sites for hydroxylation is 1. The molecule has 0 aliphatic carbocycles. The van der Waals surface area contributed by atoms with Crippen molar-refractivity contribution < 1.29 is 22.4 Å². The summed E-state index contributed by atoms with van der Waals surface area (Å²) in [7, 11) is -5.39. The zero-order chi connectivity index (χ0) is 27.1. The quantitative estimate of drug-likeness (QED) is 0.282. The van der Waals surface area contributed by atoms with Gasteiger partial charge in [0.25, 0.3) is 10.0 Å². The van der Waals surface area contributed by atoms with Crippen molar-refractivity contribution in [3.63, 3.8) is 0 Å². The Balaban J connectivity index is 1.92. The summed E-state index contributed by atoms with van der Waals surface area (Å²) in [6, 6.07) is 12.7. The van der Waals surface area contributed by atoms with E-state index in [1.165, 1.54) is 12.1 Å². The molecule has 1 aliphatic rings. The van der Waals surface area contributed by atoms with Crippen LogP contribution in [-0.2, 0) is 19.2 Å². The minimum absolute atomic E-state index is 0.00960. The van der Waals surface area contributed by atoms with Gasteiger partial charge in [-0.25, -0.2) is 8.42 Å². The van der Waals surface area contributed by atoms with E-state index in [2.05, 4.69) is 43.9 Å². The van der Waals surface area contributed by atoms with Crippen LogP contribution in [0.4, 0.5) is 5.69 Å². The molecule has 2 N–H and O–H groups in total. The Morgan fingerprint density at radius 3 is 2.22 bits per heavy atom. The fraction of sp³-hybridized carbons (Fsp3) is 0.481. The molecule has 9 heteroatoms. The van der Waals surface area contributed by atoms with Crippen LogP contribution in [0.25, 0.3) is 0 Å². The van der Waals surface area contributed by atoms with E-state index in [4.69, 9.17) is 4.43 Å². The van der Waals surface area contributed by atoms with Crippen LogP contribution in [0.1, 0.15) is 50.5 Å². The molecule has 4 atom stereocenters.